The van der Waals surface area contributed by atoms with Crippen LogP contribution in [0.15, 0.2) is 23.4 Å². The molecule has 0 amide bonds. The third-order valence-corrected chi connectivity index (χ3v) is 2.34. The van der Waals surface area contributed by atoms with Crippen molar-refractivity contribution in [2.24, 2.45) is 0 Å². The Hall–Kier alpha value is -1.41. The molecule has 0 atom stereocenters. The second kappa shape index (κ2) is 2.91. The SMILES string of the molecule is [C-]#[N+]c1cncc(S(C)(=O)=O)c1. The topological polar surface area (TPSA) is 51.4 Å². The van der Waals surface area contributed by atoms with Gasteiger partial charge in [-0.3, -0.25) is 4.98 Å². The first-order chi connectivity index (χ1) is 5.54. The molecule has 0 radical (unpaired) electrons. The van der Waals surface area contributed by atoms with Crippen molar-refractivity contribution in [1.82, 2.24) is 4.98 Å². The van der Waals surface area contributed by atoms with Gasteiger partial charge in [0.1, 0.15) is 0 Å². The predicted molar refractivity (Wildman–Crippen MR) is 43.6 cm³/mol. The minimum absolute atomic E-state index is 0.0796. The number of pyridine rings is 1. The Morgan fingerprint density at radius 3 is 2.67 bits per heavy atom. The van der Waals surface area contributed by atoms with Crippen molar-refractivity contribution in [2.75, 3.05) is 6.26 Å². The summed E-state index contributed by atoms with van der Waals surface area (Å²) in [5.74, 6) is 0. The van der Waals surface area contributed by atoms with Gasteiger partial charge < -0.3 is 0 Å². The highest BCUT2D eigenvalue weighted by molar-refractivity contribution is 7.90. The van der Waals surface area contributed by atoms with Gasteiger partial charge in [-0.15, -0.1) is 0 Å². The lowest BCUT2D eigenvalue weighted by atomic mass is 10.4. The van der Waals surface area contributed by atoms with E-state index in [9.17, 15) is 8.42 Å². The molecule has 0 saturated heterocycles. The lowest BCUT2D eigenvalue weighted by Gasteiger charge is -1.95. The van der Waals surface area contributed by atoms with Gasteiger partial charge in [-0.1, -0.05) is 0 Å². The summed E-state index contributed by atoms with van der Waals surface area (Å²) >= 11 is 0. The van der Waals surface area contributed by atoms with Gasteiger partial charge in [0.15, 0.2) is 9.84 Å². The van der Waals surface area contributed by atoms with Crippen LogP contribution in [0, 0.1) is 6.57 Å². The van der Waals surface area contributed by atoms with Crippen molar-refractivity contribution in [3.63, 3.8) is 0 Å². The summed E-state index contributed by atoms with van der Waals surface area (Å²) in [6, 6.07) is 1.30. The van der Waals surface area contributed by atoms with E-state index in [0.717, 1.165) is 6.26 Å². The standard InChI is InChI=1S/C7H6N2O2S/c1-8-6-3-7(5-9-4-6)12(2,10)11/h3-5H,2H3. The van der Waals surface area contributed by atoms with Crippen LogP contribution in [0.3, 0.4) is 0 Å². The third-order valence-electron chi connectivity index (χ3n) is 1.26. The Kier molecular flexibility index (Phi) is 2.11. The number of sulfone groups is 1. The molecule has 1 aromatic heterocycles. The van der Waals surface area contributed by atoms with Crippen LogP contribution in [-0.2, 0) is 9.84 Å². The first-order valence-corrected chi connectivity index (χ1v) is 4.96. The van der Waals surface area contributed by atoms with Crippen LogP contribution in [0.25, 0.3) is 4.85 Å². The highest BCUT2D eigenvalue weighted by atomic mass is 32.2. The molecule has 0 N–H and O–H groups in total. The fourth-order valence-corrected chi connectivity index (χ4v) is 1.26. The number of hydrogen-bond acceptors (Lipinski definition) is 3. The maximum Gasteiger partial charge on any atom is 0.206 e. The summed E-state index contributed by atoms with van der Waals surface area (Å²) in [6.07, 6.45) is 3.63. The molecule has 62 valence electrons. The maximum atomic E-state index is 11.0. The highest BCUT2D eigenvalue weighted by Gasteiger charge is 2.07. The van der Waals surface area contributed by atoms with Crippen molar-refractivity contribution in [2.45, 2.75) is 4.90 Å². The number of aromatic nitrogens is 1. The Balaban J connectivity index is 3.32. The average Bonchev–Trinajstić information content (AvgIpc) is 2.03. The lowest BCUT2D eigenvalue weighted by Crippen LogP contribution is -1.96. The van der Waals surface area contributed by atoms with Gasteiger partial charge in [0.05, 0.1) is 11.5 Å². The Morgan fingerprint density at radius 1 is 1.50 bits per heavy atom. The zero-order valence-electron chi connectivity index (χ0n) is 6.35. The molecule has 0 aromatic carbocycles. The molecule has 0 aliphatic carbocycles. The van der Waals surface area contributed by atoms with Gasteiger partial charge in [0.2, 0.25) is 5.69 Å². The molecule has 0 fully saturated rings. The molecule has 1 heterocycles. The molecule has 0 unspecified atom stereocenters. The van der Waals surface area contributed by atoms with Crippen LogP contribution >= 0.6 is 0 Å². The van der Waals surface area contributed by atoms with Gasteiger partial charge >= 0.3 is 0 Å². The zero-order valence-corrected chi connectivity index (χ0v) is 7.17. The van der Waals surface area contributed by atoms with Crippen LogP contribution in [0.2, 0.25) is 0 Å². The second-order valence-corrected chi connectivity index (χ2v) is 4.28. The molecule has 4 nitrogen and oxygen atoms in total. The van der Waals surface area contributed by atoms with Crippen molar-refractivity contribution >= 4 is 15.5 Å². The first-order valence-electron chi connectivity index (χ1n) is 3.06. The summed E-state index contributed by atoms with van der Waals surface area (Å²) in [5.41, 5.74) is 0.234. The fourth-order valence-electron chi connectivity index (χ4n) is 0.671. The molecule has 0 bridgehead atoms. The quantitative estimate of drug-likeness (QED) is 0.609. The van der Waals surface area contributed by atoms with E-state index in [-0.39, 0.29) is 10.6 Å². The third kappa shape index (κ3) is 1.80. The summed E-state index contributed by atoms with van der Waals surface area (Å²) in [6.45, 7) is 6.64. The van der Waals surface area contributed by atoms with Crippen LogP contribution in [-0.4, -0.2) is 19.7 Å². The molecule has 0 aliphatic heterocycles. The van der Waals surface area contributed by atoms with Crippen LogP contribution < -0.4 is 0 Å². The van der Waals surface area contributed by atoms with Crippen molar-refractivity contribution in [3.05, 3.63) is 29.9 Å². The summed E-state index contributed by atoms with van der Waals surface area (Å²) in [5, 5.41) is 0. The van der Waals surface area contributed by atoms with Crippen molar-refractivity contribution in [1.29, 1.82) is 0 Å². The van der Waals surface area contributed by atoms with Gasteiger partial charge in [0, 0.05) is 18.6 Å². The molecule has 1 rings (SSSR count). The number of nitrogens with zero attached hydrogens (tertiary/aromatic N) is 2. The zero-order chi connectivity index (χ0) is 9.19. The van der Waals surface area contributed by atoms with Gasteiger partial charge in [-0.05, 0) is 6.07 Å². The molecular formula is C7H6N2O2S. The minimum atomic E-state index is -3.24. The van der Waals surface area contributed by atoms with Crippen LogP contribution in [0.4, 0.5) is 5.69 Å². The summed E-state index contributed by atoms with van der Waals surface area (Å²) in [7, 11) is -3.24. The van der Waals surface area contributed by atoms with Crippen molar-refractivity contribution < 1.29 is 8.42 Å². The molecule has 5 heteroatoms. The maximum absolute atomic E-state index is 11.0. The van der Waals surface area contributed by atoms with Gasteiger partial charge in [0.25, 0.3) is 0 Å². The Labute approximate surface area is 70.6 Å². The van der Waals surface area contributed by atoms with E-state index in [0.29, 0.717) is 0 Å². The fraction of sp³-hybridized carbons (Fsp3) is 0.143. The highest BCUT2D eigenvalue weighted by Crippen LogP contribution is 2.15. The van der Waals surface area contributed by atoms with E-state index in [1.54, 1.807) is 0 Å². The molecular weight excluding hydrogens is 176 g/mol. The molecule has 0 spiro atoms. The molecule has 12 heavy (non-hydrogen) atoms. The largest absolute Gasteiger partial charge is 0.275 e. The lowest BCUT2D eigenvalue weighted by molar-refractivity contribution is 0.601. The van der Waals surface area contributed by atoms with E-state index in [1.807, 2.05) is 0 Å². The molecule has 0 saturated carbocycles. The van der Waals surface area contributed by atoms with E-state index in [1.165, 1.54) is 18.5 Å². The van der Waals surface area contributed by atoms with Crippen LogP contribution in [0.5, 0.6) is 0 Å². The first kappa shape index (κ1) is 8.68. The van der Waals surface area contributed by atoms with Gasteiger partial charge in [-0.25, -0.2) is 13.3 Å². The Bertz CT molecular complexity index is 431. The predicted octanol–water partition coefficient (Wildman–Crippen LogP) is 1.04. The smallest absolute Gasteiger partial charge is 0.206 e. The summed E-state index contributed by atoms with van der Waals surface area (Å²) < 4.78 is 21.9. The van der Waals surface area contributed by atoms with Crippen LogP contribution in [0.1, 0.15) is 0 Å². The van der Waals surface area contributed by atoms with Crippen molar-refractivity contribution in [3.8, 4) is 0 Å². The summed E-state index contributed by atoms with van der Waals surface area (Å²) in [4.78, 5) is 6.78. The normalized spacial score (nSPS) is 10.7. The second-order valence-electron chi connectivity index (χ2n) is 2.26. The molecule has 0 aliphatic rings. The minimum Gasteiger partial charge on any atom is -0.275 e. The monoisotopic (exact) mass is 182 g/mol. The average molecular weight is 182 g/mol. The van der Waals surface area contributed by atoms with Gasteiger partial charge in [-0.2, -0.15) is 0 Å². The van der Waals surface area contributed by atoms with E-state index >= 15 is 0 Å². The van der Waals surface area contributed by atoms with E-state index < -0.39 is 9.84 Å². The molecule has 1 aromatic rings. The number of hydrogen-bond donors (Lipinski definition) is 0. The Morgan fingerprint density at radius 2 is 2.17 bits per heavy atom. The van der Waals surface area contributed by atoms with E-state index in [4.69, 9.17) is 6.57 Å². The van der Waals surface area contributed by atoms with E-state index in [2.05, 4.69) is 9.83 Å². The number of rotatable bonds is 1.